The molecule has 31 heavy (non-hydrogen) atoms. The van der Waals surface area contributed by atoms with Gasteiger partial charge in [-0.1, -0.05) is 12.1 Å². The Bertz CT molecular complexity index is 1040. The zero-order chi connectivity index (χ0) is 21.9. The number of Topliss-reactive ketones (excluding diaryl/α,β-unsaturated/α-hetero) is 1. The minimum Gasteiger partial charge on any atom is -0.453 e. The van der Waals surface area contributed by atoms with Gasteiger partial charge in [-0.2, -0.15) is 0 Å². The summed E-state index contributed by atoms with van der Waals surface area (Å²) in [7, 11) is 3.06. The SMILES string of the molecule is CO[C@H]1Oc2cccc3c2N(C1=O)[C@]1(O)[C@@H]2O[C@H](C)[C@@H]4C(=O)[C@]31CCN(C)C(=O)C[C@@H]42. The second kappa shape index (κ2) is 5.85. The van der Waals surface area contributed by atoms with Crippen molar-refractivity contribution in [3.05, 3.63) is 23.8 Å². The third kappa shape index (κ3) is 1.92. The van der Waals surface area contributed by atoms with Crippen molar-refractivity contribution in [2.24, 2.45) is 11.8 Å². The fourth-order valence-electron chi connectivity index (χ4n) is 6.67. The first-order chi connectivity index (χ1) is 14.8. The molecule has 1 spiro atoms. The van der Waals surface area contributed by atoms with Crippen LogP contribution in [0.2, 0.25) is 0 Å². The van der Waals surface area contributed by atoms with E-state index in [4.69, 9.17) is 14.2 Å². The van der Waals surface area contributed by atoms with E-state index in [1.807, 2.05) is 0 Å². The Morgan fingerprint density at radius 1 is 1.26 bits per heavy atom. The first kappa shape index (κ1) is 19.2. The van der Waals surface area contributed by atoms with Gasteiger partial charge < -0.3 is 24.2 Å². The molecule has 1 aromatic rings. The Morgan fingerprint density at radius 2 is 2.03 bits per heavy atom. The molecule has 9 heteroatoms. The van der Waals surface area contributed by atoms with Crippen LogP contribution >= 0.6 is 0 Å². The summed E-state index contributed by atoms with van der Waals surface area (Å²) in [5, 5.41) is 12.5. The molecule has 7 atom stereocenters. The number of carbonyl (C=O) groups is 3. The highest BCUT2D eigenvalue weighted by Crippen LogP contribution is 2.66. The van der Waals surface area contributed by atoms with Gasteiger partial charge in [0.05, 0.1) is 17.7 Å². The van der Waals surface area contributed by atoms with Crippen LogP contribution in [0.1, 0.15) is 25.3 Å². The third-order valence-electron chi connectivity index (χ3n) is 8.02. The maximum absolute atomic E-state index is 14.2. The van der Waals surface area contributed by atoms with Crippen LogP contribution in [-0.4, -0.2) is 72.5 Å². The van der Waals surface area contributed by atoms with E-state index >= 15 is 0 Å². The van der Waals surface area contributed by atoms with Gasteiger partial charge in [-0.15, -0.1) is 0 Å². The van der Waals surface area contributed by atoms with Crippen molar-refractivity contribution in [3.63, 3.8) is 0 Å². The molecule has 4 heterocycles. The summed E-state index contributed by atoms with van der Waals surface area (Å²) in [6, 6.07) is 5.22. The van der Waals surface area contributed by atoms with Crippen LogP contribution in [0, 0.1) is 11.8 Å². The van der Waals surface area contributed by atoms with Crippen LogP contribution in [0.5, 0.6) is 5.75 Å². The standard InChI is InChI=1S/C22H24N2O7/c1-10-15-11-9-14(25)23(2)8-7-21(17(15)26)12-5-4-6-13-16(12)24(19(27)20(29-3)31-13)22(21,28)18(11)30-10/h4-6,10-11,15,18,20,28H,7-9H2,1-3H3/t10-,11+,15+,18-,20+,21+,22+/m1/s1. The van der Waals surface area contributed by atoms with Crippen LogP contribution in [0.25, 0.3) is 0 Å². The number of methoxy groups -OCH3 is 1. The van der Waals surface area contributed by atoms with E-state index in [2.05, 4.69) is 0 Å². The number of para-hydroxylation sites is 1. The van der Waals surface area contributed by atoms with Gasteiger partial charge in [-0.25, -0.2) is 0 Å². The number of hydrogen-bond donors (Lipinski definition) is 1. The molecular weight excluding hydrogens is 404 g/mol. The van der Waals surface area contributed by atoms with Crippen LogP contribution in [0.3, 0.4) is 0 Å². The van der Waals surface area contributed by atoms with Gasteiger partial charge in [0, 0.05) is 33.0 Å². The summed E-state index contributed by atoms with van der Waals surface area (Å²) in [4.78, 5) is 43.4. The van der Waals surface area contributed by atoms with Crippen molar-refractivity contribution < 1.29 is 33.7 Å². The predicted molar refractivity (Wildman–Crippen MR) is 105 cm³/mol. The van der Waals surface area contributed by atoms with Crippen molar-refractivity contribution in [1.29, 1.82) is 0 Å². The Labute approximate surface area is 178 Å². The van der Waals surface area contributed by atoms with E-state index in [-0.39, 0.29) is 31.1 Å². The van der Waals surface area contributed by atoms with Gasteiger partial charge >= 0.3 is 0 Å². The minimum atomic E-state index is -1.97. The van der Waals surface area contributed by atoms with Crippen LogP contribution in [0.15, 0.2) is 18.2 Å². The average Bonchev–Trinajstić information content (AvgIpc) is 3.18. The molecule has 1 saturated carbocycles. The molecule has 2 amide bonds. The van der Waals surface area contributed by atoms with Crippen molar-refractivity contribution in [1.82, 2.24) is 4.90 Å². The van der Waals surface area contributed by atoms with Crippen molar-refractivity contribution >= 4 is 23.3 Å². The number of anilines is 1. The number of benzene rings is 1. The van der Waals surface area contributed by atoms with Crippen LogP contribution in [0.4, 0.5) is 5.69 Å². The van der Waals surface area contributed by atoms with Crippen LogP contribution in [-0.2, 0) is 29.3 Å². The molecule has 1 aliphatic carbocycles. The number of nitrogens with zero attached hydrogens (tertiary/aromatic N) is 2. The summed E-state index contributed by atoms with van der Waals surface area (Å²) in [6.07, 6.45) is -2.35. The number of rotatable bonds is 1. The Balaban J connectivity index is 1.69. The Kier molecular flexibility index (Phi) is 3.62. The van der Waals surface area contributed by atoms with Gasteiger partial charge in [-0.05, 0) is 25.0 Å². The molecule has 0 radical (unpaired) electrons. The lowest BCUT2D eigenvalue weighted by molar-refractivity contribution is -0.180. The zero-order valence-electron chi connectivity index (χ0n) is 17.5. The monoisotopic (exact) mass is 428 g/mol. The van der Waals surface area contributed by atoms with Gasteiger partial charge in [0.2, 0.25) is 5.91 Å². The van der Waals surface area contributed by atoms with Crippen molar-refractivity contribution in [2.45, 2.75) is 49.4 Å². The predicted octanol–water partition coefficient (Wildman–Crippen LogP) is 0.179. The number of amides is 2. The molecule has 164 valence electrons. The lowest BCUT2D eigenvalue weighted by Gasteiger charge is -2.52. The highest BCUT2D eigenvalue weighted by Gasteiger charge is 2.80. The molecule has 9 nitrogen and oxygen atoms in total. The molecule has 1 N–H and O–H groups in total. The van der Waals surface area contributed by atoms with E-state index in [0.717, 1.165) is 0 Å². The highest BCUT2D eigenvalue weighted by atomic mass is 16.7. The van der Waals surface area contributed by atoms with E-state index in [9.17, 15) is 19.5 Å². The second-order valence-corrected chi connectivity index (χ2v) is 9.23. The summed E-state index contributed by atoms with van der Waals surface area (Å²) in [6.45, 7) is 2.07. The lowest BCUT2D eigenvalue weighted by Crippen LogP contribution is -2.74. The van der Waals surface area contributed by atoms with Crippen molar-refractivity contribution in [2.75, 3.05) is 25.6 Å². The molecule has 4 aliphatic heterocycles. The summed E-state index contributed by atoms with van der Waals surface area (Å²) in [5.41, 5.74) is -2.45. The minimum absolute atomic E-state index is 0.0791. The molecular formula is C22H24N2O7. The number of fused-ring (bicyclic) bond motifs is 2. The molecule has 3 fully saturated rings. The quantitative estimate of drug-likeness (QED) is 0.680. The van der Waals surface area contributed by atoms with E-state index in [0.29, 0.717) is 17.0 Å². The van der Waals surface area contributed by atoms with Gasteiger partial charge in [0.25, 0.3) is 12.2 Å². The topological polar surface area (TPSA) is 106 Å². The summed E-state index contributed by atoms with van der Waals surface area (Å²) < 4.78 is 17.2. The van der Waals surface area contributed by atoms with Gasteiger partial charge in [0.15, 0.2) is 11.5 Å². The summed E-state index contributed by atoms with van der Waals surface area (Å²) in [5.74, 6) is -1.54. The maximum Gasteiger partial charge on any atom is 0.299 e. The normalized spacial score (nSPS) is 42.7. The fourth-order valence-corrected chi connectivity index (χ4v) is 6.67. The zero-order valence-corrected chi connectivity index (χ0v) is 17.5. The second-order valence-electron chi connectivity index (χ2n) is 9.23. The number of ketones is 1. The fraction of sp³-hybridized carbons (Fsp3) is 0.591. The Morgan fingerprint density at radius 3 is 2.77 bits per heavy atom. The average molecular weight is 428 g/mol. The molecule has 0 unspecified atom stereocenters. The maximum atomic E-state index is 14.2. The van der Waals surface area contributed by atoms with E-state index < -0.39 is 47.4 Å². The third-order valence-corrected chi connectivity index (χ3v) is 8.02. The number of aliphatic hydroxyl groups is 1. The smallest absolute Gasteiger partial charge is 0.299 e. The number of hydrogen-bond acceptors (Lipinski definition) is 7. The van der Waals surface area contributed by atoms with Crippen molar-refractivity contribution in [3.8, 4) is 5.75 Å². The summed E-state index contributed by atoms with van der Waals surface area (Å²) >= 11 is 0. The van der Waals surface area contributed by atoms with Crippen LogP contribution < -0.4 is 9.64 Å². The Hall–Kier alpha value is -2.49. The largest absolute Gasteiger partial charge is 0.453 e. The van der Waals surface area contributed by atoms with Gasteiger partial charge in [-0.3, -0.25) is 19.3 Å². The molecule has 1 aromatic carbocycles. The molecule has 0 aromatic heterocycles. The molecule has 5 aliphatic rings. The molecule has 6 rings (SSSR count). The van der Waals surface area contributed by atoms with E-state index in [1.54, 1.807) is 37.1 Å². The lowest BCUT2D eigenvalue weighted by atomic mass is 9.55. The number of carbonyl (C=O) groups excluding carboxylic acids is 3. The van der Waals surface area contributed by atoms with Gasteiger partial charge in [0.1, 0.15) is 17.3 Å². The molecule has 2 saturated heterocycles. The number of ether oxygens (including phenoxy) is 3. The van der Waals surface area contributed by atoms with E-state index in [1.165, 1.54) is 12.0 Å². The first-order valence-corrected chi connectivity index (χ1v) is 10.6. The first-order valence-electron chi connectivity index (χ1n) is 10.6. The highest BCUT2D eigenvalue weighted by molar-refractivity contribution is 6.10. The molecule has 4 bridgehead atoms.